The maximum atomic E-state index is 11.6. The van der Waals surface area contributed by atoms with Crippen LogP contribution in [0.1, 0.15) is 59.3 Å². The van der Waals surface area contributed by atoms with Crippen LogP contribution in [0.25, 0.3) is 0 Å². The van der Waals surface area contributed by atoms with Gasteiger partial charge >= 0.3 is 5.97 Å². The fourth-order valence-corrected chi connectivity index (χ4v) is 2.78. The first-order valence-corrected chi connectivity index (χ1v) is 8.23. The van der Waals surface area contributed by atoms with Gasteiger partial charge in [-0.15, -0.1) is 0 Å². The van der Waals surface area contributed by atoms with Gasteiger partial charge in [-0.2, -0.15) is 0 Å². The topological polar surface area (TPSA) is 49.3 Å². The van der Waals surface area contributed by atoms with Gasteiger partial charge in [-0.25, -0.2) is 4.79 Å². The molecule has 0 saturated heterocycles. The largest absolute Gasteiger partial charge is 0.478 e. The molecule has 0 aromatic heterocycles. The fraction of sp³-hybridized carbons (Fsp3) is 0.350. The first-order chi connectivity index (χ1) is 11.1. The molecule has 3 nitrogen and oxygen atoms in total. The minimum atomic E-state index is -0.858. The van der Waals surface area contributed by atoms with E-state index in [-0.39, 0.29) is 6.04 Å². The Labute approximate surface area is 138 Å². The van der Waals surface area contributed by atoms with E-state index in [9.17, 15) is 9.90 Å². The van der Waals surface area contributed by atoms with Gasteiger partial charge in [0.1, 0.15) is 0 Å². The van der Waals surface area contributed by atoms with Gasteiger partial charge in [0.05, 0.1) is 5.56 Å². The Kier molecular flexibility index (Phi) is 6.36. The predicted molar refractivity (Wildman–Crippen MR) is 93.7 cm³/mol. The van der Waals surface area contributed by atoms with Gasteiger partial charge in [0.2, 0.25) is 0 Å². The number of nitrogens with one attached hydrogen (secondary N) is 1. The molecule has 0 aliphatic heterocycles. The molecule has 0 saturated carbocycles. The first-order valence-electron chi connectivity index (χ1n) is 8.23. The molecule has 0 radical (unpaired) electrons. The lowest BCUT2D eigenvalue weighted by Crippen LogP contribution is -2.23. The van der Waals surface area contributed by atoms with Crippen molar-refractivity contribution in [2.24, 2.45) is 0 Å². The number of hydrogen-bond donors (Lipinski definition) is 2. The molecule has 1 unspecified atom stereocenters. The highest BCUT2D eigenvalue weighted by Gasteiger charge is 2.18. The maximum absolute atomic E-state index is 11.6. The molecule has 0 bridgehead atoms. The van der Waals surface area contributed by atoms with E-state index in [4.69, 9.17) is 0 Å². The molecule has 23 heavy (non-hydrogen) atoms. The van der Waals surface area contributed by atoms with Gasteiger partial charge in [-0.3, -0.25) is 0 Å². The minimum Gasteiger partial charge on any atom is -0.478 e. The van der Waals surface area contributed by atoms with Gasteiger partial charge in [0.25, 0.3) is 0 Å². The number of carboxylic acid groups (broad SMARTS) is 1. The summed E-state index contributed by atoms with van der Waals surface area (Å²) in [4.78, 5) is 11.6. The molecule has 0 fully saturated rings. The Bertz CT molecular complexity index is 637. The third-order valence-corrected chi connectivity index (χ3v) is 4.05. The molecular weight excluding hydrogens is 286 g/mol. The van der Waals surface area contributed by atoms with Crippen molar-refractivity contribution < 1.29 is 9.90 Å². The normalized spacial score (nSPS) is 12.1. The van der Waals surface area contributed by atoms with Crippen LogP contribution in [-0.2, 0) is 6.54 Å². The van der Waals surface area contributed by atoms with Crippen molar-refractivity contribution in [2.75, 3.05) is 0 Å². The lowest BCUT2D eigenvalue weighted by Gasteiger charge is -2.21. The Morgan fingerprint density at radius 3 is 2.57 bits per heavy atom. The van der Waals surface area contributed by atoms with Crippen LogP contribution in [0.15, 0.2) is 48.5 Å². The van der Waals surface area contributed by atoms with E-state index in [1.165, 1.54) is 5.56 Å². The zero-order valence-electron chi connectivity index (χ0n) is 13.9. The van der Waals surface area contributed by atoms with Crippen LogP contribution >= 0.6 is 0 Å². The number of rotatable bonds is 8. The fourth-order valence-electron chi connectivity index (χ4n) is 2.78. The second kappa shape index (κ2) is 8.49. The van der Waals surface area contributed by atoms with E-state index in [2.05, 4.69) is 24.4 Å². The van der Waals surface area contributed by atoms with Gasteiger partial charge in [0, 0.05) is 12.6 Å². The SMILES string of the molecule is CCCCC(NCc1ccccc1)c1cc(C)ccc1C(=O)O. The standard InChI is InChI=1S/C20H25NO2/c1-3-4-10-19(21-14-16-8-6-5-7-9-16)18-13-15(2)11-12-17(18)20(22)23/h5-9,11-13,19,21H,3-4,10,14H2,1-2H3,(H,22,23). The molecule has 2 rings (SSSR count). The lowest BCUT2D eigenvalue weighted by molar-refractivity contribution is 0.0694. The van der Waals surface area contributed by atoms with Crippen LogP contribution in [0.3, 0.4) is 0 Å². The molecule has 3 heteroatoms. The van der Waals surface area contributed by atoms with Crippen molar-refractivity contribution in [3.05, 3.63) is 70.8 Å². The highest BCUT2D eigenvalue weighted by Crippen LogP contribution is 2.25. The van der Waals surface area contributed by atoms with Gasteiger partial charge < -0.3 is 10.4 Å². The maximum Gasteiger partial charge on any atom is 0.336 e. The summed E-state index contributed by atoms with van der Waals surface area (Å²) in [5.41, 5.74) is 3.59. The quantitative estimate of drug-likeness (QED) is 0.742. The number of aryl methyl sites for hydroxylation is 1. The number of carboxylic acids is 1. The van der Waals surface area contributed by atoms with Crippen LogP contribution in [0.4, 0.5) is 0 Å². The third kappa shape index (κ3) is 4.93. The van der Waals surface area contributed by atoms with Crippen molar-refractivity contribution in [1.29, 1.82) is 0 Å². The molecule has 122 valence electrons. The van der Waals surface area contributed by atoms with Crippen molar-refractivity contribution in [3.8, 4) is 0 Å². The molecule has 0 spiro atoms. The summed E-state index contributed by atoms with van der Waals surface area (Å²) in [7, 11) is 0. The second-order valence-corrected chi connectivity index (χ2v) is 5.96. The zero-order chi connectivity index (χ0) is 16.7. The van der Waals surface area contributed by atoms with Crippen LogP contribution in [-0.4, -0.2) is 11.1 Å². The van der Waals surface area contributed by atoms with E-state index in [0.717, 1.165) is 36.9 Å². The predicted octanol–water partition coefficient (Wildman–Crippen LogP) is 4.71. The summed E-state index contributed by atoms with van der Waals surface area (Å²) >= 11 is 0. The number of aromatic carboxylic acids is 1. The molecule has 2 aromatic rings. The van der Waals surface area contributed by atoms with Gasteiger partial charge in [0.15, 0.2) is 0 Å². The van der Waals surface area contributed by atoms with Crippen LogP contribution in [0.5, 0.6) is 0 Å². The van der Waals surface area contributed by atoms with Gasteiger partial charge in [-0.1, -0.05) is 67.8 Å². The summed E-state index contributed by atoms with van der Waals surface area (Å²) in [6, 6.07) is 15.8. The van der Waals surface area contributed by atoms with E-state index in [1.54, 1.807) is 6.07 Å². The second-order valence-electron chi connectivity index (χ2n) is 5.96. The van der Waals surface area contributed by atoms with Gasteiger partial charge in [-0.05, 0) is 30.5 Å². The van der Waals surface area contributed by atoms with Crippen molar-refractivity contribution in [3.63, 3.8) is 0 Å². The molecule has 2 aromatic carbocycles. The summed E-state index contributed by atoms with van der Waals surface area (Å²) in [5.74, 6) is -0.858. The summed E-state index contributed by atoms with van der Waals surface area (Å²) in [6.07, 6.45) is 3.10. The molecular formula is C20H25NO2. The first kappa shape index (κ1) is 17.2. The molecule has 2 N–H and O–H groups in total. The highest BCUT2D eigenvalue weighted by molar-refractivity contribution is 5.89. The van der Waals surface area contributed by atoms with Crippen molar-refractivity contribution in [1.82, 2.24) is 5.32 Å². The van der Waals surface area contributed by atoms with E-state index in [0.29, 0.717) is 5.56 Å². The number of carbonyl (C=O) groups is 1. The number of hydrogen-bond acceptors (Lipinski definition) is 2. The van der Waals surface area contributed by atoms with E-state index in [1.807, 2.05) is 37.3 Å². The molecule has 0 aliphatic rings. The molecule has 0 amide bonds. The molecule has 0 heterocycles. The smallest absolute Gasteiger partial charge is 0.336 e. The number of benzene rings is 2. The lowest BCUT2D eigenvalue weighted by atomic mass is 9.94. The Balaban J connectivity index is 2.23. The molecule has 1 atom stereocenters. The van der Waals surface area contributed by atoms with Crippen molar-refractivity contribution >= 4 is 5.97 Å². The highest BCUT2D eigenvalue weighted by atomic mass is 16.4. The Morgan fingerprint density at radius 1 is 1.17 bits per heavy atom. The Hall–Kier alpha value is -2.13. The third-order valence-electron chi connectivity index (χ3n) is 4.05. The van der Waals surface area contributed by atoms with Crippen LogP contribution < -0.4 is 5.32 Å². The minimum absolute atomic E-state index is 0.0566. The summed E-state index contributed by atoms with van der Waals surface area (Å²) < 4.78 is 0. The average Bonchev–Trinajstić information content (AvgIpc) is 2.55. The van der Waals surface area contributed by atoms with Crippen molar-refractivity contribution in [2.45, 2.75) is 45.7 Å². The number of unbranched alkanes of at least 4 members (excludes halogenated alkanes) is 1. The summed E-state index contributed by atoms with van der Waals surface area (Å²) in [6.45, 7) is 4.90. The Morgan fingerprint density at radius 2 is 1.91 bits per heavy atom. The van der Waals surface area contributed by atoms with E-state index < -0.39 is 5.97 Å². The van der Waals surface area contributed by atoms with E-state index >= 15 is 0 Å². The monoisotopic (exact) mass is 311 g/mol. The summed E-state index contributed by atoms with van der Waals surface area (Å²) in [5, 5.41) is 13.0. The molecule has 0 aliphatic carbocycles. The van der Waals surface area contributed by atoms with Crippen LogP contribution in [0.2, 0.25) is 0 Å². The average molecular weight is 311 g/mol. The zero-order valence-corrected chi connectivity index (χ0v) is 13.9. The van der Waals surface area contributed by atoms with Crippen LogP contribution in [0, 0.1) is 6.92 Å².